The Hall–Kier alpha value is -1.59. The Morgan fingerprint density at radius 2 is 2.24 bits per heavy atom. The van der Waals surface area contributed by atoms with Crippen molar-refractivity contribution in [2.75, 3.05) is 25.6 Å². The fraction of sp³-hybridized carbons (Fsp3) is 0.400. The number of nitrogens with one attached hydrogen (secondary N) is 1. The molecular formula is C15H19ClFN3O. The predicted molar refractivity (Wildman–Crippen MR) is 82.5 cm³/mol. The van der Waals surface area contributed by atoms with Gasteiger partial charge in [0.2, 0.25) is 5.95 Å². The van der Waals surface area contributed by atoms with Crippen molar-refractivity contribution in [3.63, 3.8) is 0 Å². The summed E-state index contributed by atoms with van der Waals surface area (Å²) in [6.07, 6.45) is 2.86. The summed E-state index contributed by atoms with van der Waals surface area (Å²) in [5.74, 6) is 0.393. The number of hydrogen-bond acceptors (Lipinski definition) is 3. The fourth-order valence-electron chi connectivity index (χ4n) is 2.06. The van der Waals surface area contributed by atoms with Crippen molar-refractivity contribution in [2.45, 2.75) is 19.9 Å². The van der Waals surface area contributed by atoms with Gasteiger partial charge in [-0.2, -0.15) is 0 Å². The number of anilines is 1. The van der Waals surface area contributed by atoms with E-state index in [1.165, 1.54) is 6.07 Å². The number of ether oxygens (including phenoxy) is 1. The van der Waals surface area contributed by atoms with Gasteiger partial charge in [-0.15, -0.1) is 0 Å². The highest BCUT2D eigenvalue weighted by atomic mass is 35.5. The Balaban J connectivity index is 2.06. The third-order valence-corrected chi connectivity index (χ3v) is 3.33. The lowest BCUT2D eigenvalue weighted by atomic mass is 10.2. The van der Waals surface area contributed by atoms with Gasteiger partial charge in [-0.1, -0.05) is 17.7 Å². The van der Waals surface area contributed by atoms with Crippen molar-refractivity contribution >= 4 is 17.5 Å². The third kappa shape index (κ3) is 4.44. The second-order valence-electron chi connectivity index (χ2n) is 4.86. The van der Waals surface area contributed by atoms with E-state index in [2.05, 4.69) is 10.3 Å². The number of hydrogen-bond donors (Lipinski definition) is 1. The molecule has 0 radical (unpaired) electrons. The normalized spacial score (nSPS) is 10.9. The van der Waals surface area contributed by atoms with Gasteiger partial charge in [-0.25, -0.2) is 9.37 Å². The van der Waals surface area contributed by atoms with Gasteiger partial charge in [0.05, 0.1) is 17.3 Å². The molecule has 1 N–H and O–H groups in total. The number of benzene rings is 1. The van der Waals surface area contributed by atoms with E-state index < -0.39 is 5.82 Å². The van der Waals surface area contributed by atoms with Gasteiger partial charge < -0.3 is 14.6 Å². The molecular weight excluding hydrogens is 293 g/mol. The van der Waals surface area contributed by atoms with Gasteiger partial charge in [0.15, 0.2) is 0 Å². The van der Waals surface area contributed by atoms with E-state index in [1.807, 2.05) is 17.7 Å². The number of rotatable bonds is 7. The standard InChI is InChI=1S/C15H19ClFN3O/c1-11-9-20(15(19-11)18-6-3-7-21-2)10-12-4-5-14(17)13(16)8-12/h4-5,8-9H,3,6-7,10H2,1-2H3,(H,18,19). The van der Waals surface area contributed by atoms with Crippen LogP contribution < -0.4 is 5.32 Å². The number of methoxy groups -OCH3 is 1. The molecule has 21 heavy (non-hydrogen) atoms. The molecule has 0 atom stereocenters. The largest absolute Gasteiger partial charge is 0.385 e. The summed E-state index contributed by atoms with van der Waals surface area (Å²) in [5.41, 5.74) is 1.86. The second-order valence-corrected chi connectivity index (χ2v) is 5.26. The summed E-state index contributed by atoms with van der Waals surface area (Å²) < 4.78 is 20.2. The molecule has 0 amide bonds. The third-order valence-electron chi connectivity index (χ3n) is 3.04. The van der Waals surface area contributed by atoms with E-state index in [1.54, 1.807) is 19.2 Å². The Labute approximate surface area is 128 Å². The smallest absolute Gasteiger partial charge is 0.203 e. The van der Waals surface area contributed by atoms with E-state index in [9.17, 15) is 4.39 Å². The molecule has 0 bridgehead atoms. The molecule has 6 heteroatoms. The maximum absolute atomic E-state index is 13.2. The van der Waals surface area contributed by atoms with Crippen LogP contribution in [0.3, 0.4) is 0 Å². The maximum Gasteiger partial charge on any atom is 0.203 e. The van der Waals surface area contributed by atoms with E-state index in [4.69, 9.17) is 16.3 Å². The average Bonchev–Trinajstić information content (AvgIpc) is 2.79. The van der Waals surface area contributed by atoms with Crippen LogP contribution in [-0.2, 0) is 11.3 Å². The first-order valence-corrected chi connectivity index (χ1v) is 7.18. The fourth-order valence-corrected chi connectivity index (χ4v) is 2.26. The molecule has 114 valence electrons. The van der Waals surface area contributed by atoms with Crippen LogP contribution >= 0.6 is 11.6 Å². The summed E-state index contributed by atoms with van der Waals surface area (Å²) in [4.78, 5) is 4.45. The molecule has 2 rings (SSSR count). The van der Waals surface area contributed by atoms with Crippen LogP contribution in [0, 0.1) is 12.7 Å². The Kier molecular flexibility index (Phi) is 5.59. The van der Waals surface area contributed by atoms with Crippen LogP contribution in [0.25, 0.3) is 0 Å². The van der Waals surface area contributed by atoms with Crippen LogP contribution in [0.4, 0.5) is 10.3 Å². The van der Waals surface area contributed by atoms with Gasteiger partial charge >= 0.3 is 0 Å². The second kappa shape index (κ2) is 7.43. The molecule has 1 heterocycles. The zero-order chi connectivity index (χ0) is 15.2. The molecule has 1 aromatic carbocycles. The van der Waals surface area contributed by atoms with Gasteiger partial charge in [-0.05, 0) is 31.0 Å². The van der Waals surface area contributed by atoms with Gasteiger partial charge in [0.25, 0.3) is 0 Å². The van der Waals surface area contributed by atoms with Crippen LogP contribution in [0.5, 0.6) is 0 Å². The monoisotopic (exact) mass is 311 g/mol. The van der Waals surface area contributed by atoms with Crippen LogP contribution in [0.15, 0.2) is 24.4 Å². The number of imidazole rings is 1. The first-order chi connectivity index (χ1) is 10.1. The molecule has 0 aliphatic rings. The van der Waals surface area contributed by atoms with Crippen molar-refractivity contribution in [2.24, 2.45) is 0 Å². The molecule has 0 unspecified atom stereocenters. The average molecular weight is 312 g/mol. The highest BCUT2D eigenvalue weighted by Crippen LogP contribution is 2.18. The summed E-state index contributed by atoms with van der Waals surface area (Å²) in [6.45, 7) is 4.02. The lowest BCUT2D eigenvalue weighted by molar-refractivity contribution is 0.197. The number of halogens is 2. The Bertz CT molecular complexity index is 601. The Morgan fingerprint density at radius 3 is 2.95 bits per heavy atom. The van der Waals surface area contributed by atoms with Crippen molar-refractivity contribution in [1.29, 1.82) is 0 Å². The Morgan fingerprint density at radius 1 is 1.43 bits per heavy atom. The highest BCUT2D eigenvalue weighted by molar-refractivity contribution is 6.30. The molecule has 0 saturated heterocycles. The quantitative estimate of drug-likeness (QED) is 0.796. The summed E-state index contributed by atoms with van der Waals surface area (Å²) in [5, 5.41) is 3.42. The molecule has 0 aliphatic carbocycles. The summed E-state index contributed by atoms with van der Waals surface area (Å²) in [6, 6.07) is 4.75. The maximum atomic E-state index is 13.2. The zero-order valence-electron chi connectivity index (χ0n) is 12.2. The number of nitrogens with zero attached hydrogens (tertiary/aromatic N) is 2. The number of aromatic nitrogens is 2. The summed E-state index contributed by atoms with van der Waals surface area (Å²) >= 11 is 5.81. The molecule has 0 spiro atoms. The minimum atomic E-state index is -0.403. The van der Waals surface area contributed by atoms with E-state index in [0.29, 0.717) is 13.2 Å². The molecule has 0 aliphatic heterocycles. The van der Waals surface area contributed by atoms with E-state index in [0.717, 1.165) is 30.2 Å². The minimum absolute atomic E-state index is 0.138. The van der Waals surface area contributed by atoms with Crippen molar-refractivity contribution < 1.29 is 9.13 Å². The highest BCUT2D eigenvalue weighted by Gasteiger charge is 2.07. The van der Waals surface area contributed by atoms with E-state index in [-0.39, 0.29) is 5.02 Å². The SMILES string of the molecule is COCCCNc1nc(C)cn1Cc1ccc(F)c(Cl)c1. The molecule has 0 fully saturated rings. The van der Waals surface area contributed by atoms with Crippen LogP contribution in [0.2, 0.25) is 5.02 Å². The van der Waals surface area contributed by atoms with Crippen molar-refractivity contribution in [3.05, 3.63) is 46.5 Å². The molecule has 1 aromatic heterocycles. The summed E-state index contributed by atoms with van der Waals surface area (Å²) in [7, 11) is 1.68. The van der Waals surface area contributed by atoms with Crippen LogP contribution in [0.1, 0.15) is 17.7 Å². The van der Waals surface area contributed by atoms with Gasteiger partial charge in [-0.3, -0.25) is 0 Å². The first-order valence-electron chi connectivity index (χ1n) is 6.80. The lowest BCUT2D eigenvalue weighted by Gasteiger charge is -2.10. The van der Waals surface area contributed by atoms with Gasteiger partial charge in [0.1, 0.15) is 5.82 Å². The van der Waals surface area contributed by atoms with E-state index >= 15 is 0 Å². The number of aryl methyl sites for hydroxylation is 1. The van der Waals surface area contributed by atoms with Crippen molar-refractivity contribution in [3.8, 4) is 0 Å². The minimum Gasteiger partial charge on any atom is -0.385 e. The van der Waals surface area contributed by atoms with Gasteiger partial charge in [0, 0.05) is 26.5 Å². The topological polar surface area (TPSA) is 39.1 Å². The zero-order valence-corrected chi connectivity index (χ0v) is 13.0. The molecule has 0 saturated carbocycles. The molecule has 4 nitrogen and oxygen atoms in total. The predicted octanol–water partition coefficient (Wildman–Crippen LogP) is 3.48. The lowest BCUT2D eigenvalue weighted by Crippen LogP contribution is -2.10. The molecule has 2 aromatic rings. The first kappa shape index (κ1) is 15.8. The van der Waals surface area contributed by atoms with Crippen LogP contribution in [-0.4, -0.2) is 29.8 Å². The van der Waals surface area contributed by atoms with Crippen molar-refractivity contribution in [1.82, 2.24) is 9.55 Å².